The van der Waals surface area contributed by atoms with Crippen molar-refractivity contribution in [1.82, 2.24) is 0 Å². The molecular formula is C12H7F9O5S. The SMILES string of the molecule is O=C(OCC1COc2cscc2O1)OC(F)(F)C(F)(F)C(F)(F)C(F)(F)F. The number of thiophene rings is 1. The van der Waals surface area contributed by atoms with Crippen LogP contribution in [0.2, 0.25) is 0 Å². The zero-order chi connectivity index (χ0) is 20.7. The van der Waals surface area contributed by atoms with E-state index in [9.17, 15) is 44.3 Å². The van der Waals surface area contributed by atoms with Crippen molar-refractivity contribution >= 4 is 17.5 Å². The molecule has 0 saturated carbocycles. The fraction of sp³-hybridized carbons (Fsp3) is 0.583. The van der Waals surface area contributed by atoms with Crippen molar-refractivity contribution in [2.45, 2.75) is 30.2 Å². The molecule has 1 unspecified atom stereocenters. The number of carbonyl (C=O) groups is 1. The molecule has 27 heavy (non-hydrogen) atoms. The zero-order valence-corrected chi connectivity index (χ0v) is 13.3. The summed E-state index contributed by atoms with van der Waals surface area (Å²) in [7, 11) is 0. The first-order chi connectivity index (χ1) is 12.2. The number of ether oxygens (including phenoxy) is 4. The lowest BCUT2D eigenvalue weighted by Gasteiger charge is -2.32. The molecule has 0 radical (unpaired) electrons. The van der Waals surface area contributed by atoms with Crippen LogP contribution in [0.4, 0.5) is 44.3 Å². The Kier molecular flexibility index (Phi) is 5.38. The molecule has 2 heterocycles. The lowest BCUT2D eigenvalue weighted by Crippen LogP contribution is -2.62. The molecule has 0 aliphatic carbocycles. The molecule has 1 aliphatic rings. The van der Waals surface area contributed by atoms with Crippen LogP contribution < -0.4 is 9.47 Å². The molecule has 0 amide bonds. The lowest BCUT2D eigenvalue weighted by molar-refractivity contribution is -0.435. The minimum absolute atomic E-state index is 0.204. The second-order valence-corrected chi connectivity index (χ2v) is 5.72. The third-order valence-corrected chi connectivity index (χ3v) is 3.73. The summed E-state index contributed by atoms with van der Waals surface area (Å²) in [6, 6.07) is 0. The van der Waals surface area contributed by atoms with Crippen LogP contribution in [0.3, 0.4) is 0 Å². The van der Waals surface area contributed by atoms with Gasteiger partial charge in [0.05, 0.1) is 0 Å². The molecule has 1 aromatic heterocycles. The normalized spacial score (nSPS) is 18.2. The Balaban J connectivity index is 1.96. The topological polar surface area (TPSA) is 54.0 Å². The predicted octanol–water partition coefficient (Wildman–Crippen LogP) is 4.47. The first kappa shape index (κ1) is 21.2. The average molecular weight is 434 g/mol. The number of fused-ring (bicyclic) bond motifs is 1. The maximum atomic E-state index is 13.1. The van der Waals surface area contributed by atoms with Gasteiger partial charge in [-0.15, -0.1) is 11.3 Å². The van der Waals surface area contributed by atoms with Gasteiger partial charge in [0.15, 0.2) is 17.6 Å². The molecule has 15 heteroatoms. The smallest absolute Gasteiger partial charge is 0.485 e. The van der Waals surface area contributed by atoms with Gasteiger partial charge in [0, 0.05) is 10.8 Å². The highest BCUT2D eigenvalue weighted by atomic mass is 32.1. The number of rotatable bonds is 5. The van der Waals surface area contributed by atoms with Crippen molar-refractivity contribution < 1.29 is 63.3 Å². The summed E-state index contributed by atoms with van der Waals surface area (Å²) in [5.41, 5.74) is 0. The summed E-state index contributed by atoms with van der Waals surface area (Å²) in [5.74, 6) is -13.7. The van der Waals surface area contributed by atoms with E-state index in [4.69, 9.17) is 9.47 Å². The van der Waals surface area contributed by atoms with Crippen molar-refractivity contribution in [2.24, 2.45) is 0 Å². The summed E-state index contributed by atoms with van der Waals surface area (Å²) < 4.78 is 130. The van der Waals surface area contributed by atoms with Crippen LogP contribution in [-0.4, -0.2) is 49.6 Å². The van der Waals surface area contributed by atoms with Gasteiger partial charge in [-0.2, -0.15) is 39.5 Å². The second kappa shape index (κ2) is 6.83. The molecule has 2 rings (SSSR count). The molecule has 1 aliphatic heterocycles. The molecule has 0 N–H and O–H groups in total. The van der Waals surface area contributed by atoms with Crippen LogP contribution >= 0.6 is 11.3 Å². The minimum atomic E-state index is -7.18. The number of carbonyl (C=O) groups excluding carboxylic acids is 1. The Morgan fingerprint density at radius 2 is 1.63 bits per heavy atom. The molecule has 1 atom stereocenters. The molecule has 154 valence electrons. The summed E-state index contributed by atoms with van der Waals surface area (Å²) in [5, 5.41) is 3.01. The number of alkyl halides is 9. The van der Waals surface area contributed by atoms with Crippen molar-refractivity contribution in [2.75, 3.05) is 13.2 Å². The van der Waals surface area contributed by atoms with Gasteiger partial charge in [-0.1, -0.05) is 0 Å². The van der Waals surface area contributed by atoms with Gasteiger partial charge >= 0.3 is 30.3 Å². The summed E-state index contributed by atoms with van der Waals surface area (Å²) in [6.07, 6.45) is -17.3. The van der Waals surface area contributed by atoms with Gasteiger partial charge in [-0.25, -0.2) is 4.79 Å². The Bertz CT molecular complexity index is 687. The first-order valence-electron chi connectivity index (χ1n) is 6.60. The third kappa shape index (κ3) is 3.96. The summed E-state index contributed by atoms with van der Waals surface area (Å²) in [4.78, 5) is 11.0. The van der Waals surface area contributed by atoms with Crippen LogP contribution in [-0.2, 0) is 9.47 Å². The van der Waals surface area contributed by atoms with Crippen LogP contribution in [0.5, 0.6) is 11.5 Å². The highest BCUT2D eigenvalue weighted by Crippen LogP contribution is 2.53. The van der Waals surface area contributed by atoms with Crippen molar-refractivity contribution in [3.8, 4) is 11.5 Å². The van der Waals surface area contributed by atoms with Gasteiger partial charge < -0.3 is 18.9 Å². The van der Waals surface area contributed by atoms with Gasteiger partial charge in [-0.3, -0.25) is 0 Å². The van der Waals surface area contributed by atoms with E-state index in [0.717, 1.165) is 0 Å². The minimum Gasteiger partial charge on any atom is -0.485 e. The van der Waals surface area contributed by atoms with Crippen LogP contribution in [0.15, 0.2) is 10.8 Å². The summed E-state index contributed by atoms with van der Waals surface area (Å²) >= 11 is 1.17. The Hall–Kier alpha value is -2.06. The maximum Gasteiger partial charge on any atom is 0.513 e. The Morgan fingerprint density at radius 3 is 2.22 bits per heavy atom. The van der Waals surface area contributed by atoms with Crippen molar-refractivity contribution in [3.05, 3.63) is 10.8 Å². The standard InChI is InChI=1S/C12H7F9O5S/c13-9(14,11(17,18)19)10(15,16)12(20,21)26-8(22)24-2-5-1-23-6-3-27-4-7(6)25-5/h3-5H,1-2H2. The fourth-order valence-electron chi connectivity index (χ4n) is 1.66. The average Bonchev–Trinajstić information content (AvgIpc) is 2.98. The van der Waals surface area contributed by atoms with Gasteiger partial charge in [0.25, 0.3) is 0 Å². The van der Waals surface area contributed by atoms with E-state index in [-0.39, 0.29) is 12.4 Å². The largest absolute Gasteiger partial charge is 0.513 e. The molecule has 0 aromatic carbocycles. The van der Waals surface area contributed by atoms with Crippen LogP contribution in [0.25, 0.3) is 0 Å². The Labute approximate surface area is 147 Å². The van der Waals surface area contributed by atoms with Crippen LogP contribution in [0, 0.1) is 0 Å². The quantitative estimate of drug-likeness (QED) is 0.506. The van der Waals surface area contributed by atoms with E-state index in [1.54, 1.807) is 5.38 Å². The van der Waals surface area contributed by atoms with Crippen LogP contribution in [0.1, 0.15) is 0 Å². The first-order valence-corrected chi connectivity index (χ1v) is 7.55. The van der Waals surface area contributed by atoms with E-state index >= 15 is 0 Å². The van der Waals surface area contributed by atoms with E-state index in [1.807, 2.05) is 0 Å². The van der Waals surface area contributed by atoms with Gasteiger partial charge in [0.1, 0.15) is 13.2 Å². The molecule has 5 nitrogen and oxygen atoms in total. The second-order valence-electron chi connectivity index (χ2n) is 4.98. The number of hydrogen-bond acceptors (Lipinski definition) is 6. The molecular weight excluding hydrogens is 427 g/mol. The van der Waals surface area contributed by atoms with Crippen molar-refractivity contribution in [1.29, 1.82) is 0 Å². The van der Waals surface area contributed by atoms with Gasteiger partial charge in [-0.05, 0) is 0 Å². The van der Waals surface area contributed by atoms with Gasteiger partial charge in [0.2, 0.25) is 0 Å². The monoisotopic (exact) mass is 434 g/mol. The maximum absolute atomic E-state index is 13.1. The number of halogens is 9. The molecule has 0 fully saturated rings. The fourth-order valence-corrected chi connectivity index (χ4v) is 2.33. The van der Waals surface area contributed by atoms with E-state index in [2.05, 4.69) is 9.47 Å². The third-order valence-electron chi connectivity index (χ3n) is 3.03. The molecule has 0 bridgehead atoms. The molecule has 0 saturated heterocycles. The Morgan fingerprint density at radius 1 is 1.04 bits per heavy atom. The summed E-state index contributed by atoms with van der Waals surface area (Å²) in [6.45, 7) is -1.15. The lowest BCUT2D eigenvalue weighted by atomic mass is 10.1. The molecule has 0 spiro atoms. The van der Waals surface area contributed by atoms with Crippen molar-refractivity contribution in [3.63, 3.8) is 0 Å². The zero-order valence-electron chi connectivity index (χ0n) is 12.5. The highest BCUT2D eigenvalue weighted by Gasteiger charge is 2.84. The van der Waals surface area contributed by atoms with E-state index in [0.29, 0.717) is 5.75 Å². The number of hydrogen-bond donors (Lipinski definition) is 0. The highest BCUT2D eigenvalue weighted by molar-refractivity contribution is 7.08. The van der Waals surface area contributed by atoms with E-state index < -0.39 is 43.0 Å². The predicted molar refractivity (Wildman–Crippen MR) is 67.6 cm³/mol. The van der Waals surface area contributed by atoms with E-state index in [1.165, 1.54) is 16.7 Å². The molecule has 1 aromatic rings.